The molecule has 0 bridgehead atoms. The molecule has 0 saturated heterocycles. The highest BCUT2D eigenvalue weighted by atomic mass is 19.3. The Labute approximate surface area is 65.6 Å². The van der Waals surface area contributed by atoms with Crippen LogP contribution in [0.3, 0.4) is 0 Å². The molecule has 1 atom stereocenters. The van der Waals surface area contributed by atoms with E-state index in [4.69, 9.17) is 5.73 Å². The molecule has 0 rings (SSSR count). The maximum atomic E-state index is 12.8. The highest BCUT2D eigenvalue weighted by molar-refractivity contribution is 4.99. The lowest BCUT2D eigenvalue weighted by molar-refractivity contribution is -0.00795. The van der Waals surface area contributed by atoms with Gasteiger partial charge in [-0.15, -0.1) is 6.58 Å². The summed E-state index contributed by atoms with van der Waals surface area (Å²) in [4.78, 5) is 0. The van der Waals surface area contributed by atoms with Gasteiger partial charge in [0.25, 0.3) is 5.92 Å². The average Bonchev–Trinajstić information content (AvgIpc) is 1.88. The second kappa shape index (κ2) is 4.23. The highest BCUT2D eigenvalue weighted by Crippen LogP contribution is 2.22. The Morgan fingerprint density at radius 2 is 2.18 bits per heavy atom. The maximum absolute atomic E-state index is 12.8. The predicted octanol–water partition coefficient (Wildman–Crippen LogP) is 2.10. The van der Waals surface area contributed by atoms with Crippen LogP contribution in [0.15, 0.2) is 24.8 Å². The summed E-state index contributed by atoms with van der Waals surface area (Å²) in [7, 11) is 0. The summed E-state index contributed by atoms with van der Waals surface area (Å²) in [5.74, 6) is -2.87. The summed E-state index contributed by atoms with van der Waals surface area (Å²) in [5, 5.41) is 0. The summed E-state index contributed by atoms with van der Waals surface area (Å²) in [6, 6.07) is -1.20. The SMILES string of the molecule is C=CCC(F)(F)C(N)C=CC. The highest BCUT2D eigenvalue weighted by Gasteiger charge is 2.33. The molecule has 0 heterocycles. The third-order valence-corrected chi connectivity index (χ3v) is 1.30. The number of hydrogen-bond donors (Lipinski definition) is 1. The monoisotopic (exact) mass is 161 g/mol. The molecule has 0 aromatic carbocycles. The summed E-state index contributed by atoms with van der Waals surface area (Å²) in [6.45, 7) is 4.89. The van der Waals surface area contributed by atoms with Crippen molar-refractivity contribution in [2.24, 2.45) is 5.73 Å². The molecule has 0 aromatic rings. The molecule has 0 aliphatic rings. The van der Waals surface area contributed by atoms with E-state index in [2.05, 4.69) is 6.58 Å². The van der Waals surface area contributed by atoms with Crippen LogP contribution in [0.25, 0.3) is 0 Å². The molecule has 0 saturated carbocycles. The second-order valence-electron chi connectivity index (χ2n) is 2.31. The van der Waals surface area contributed by atoms with Gasteiger partial charge in [0.1, 0.15) is 0 Å². The van der Waals surface area contributed by atoms with Crippen LogP contribution in [0, 0.1) is 0 Å². The molecule has 64 valence electrons. The molecule has 0 aliphatic carbocycles. The zero-order chi connectivity index (χ0) is 8.91. The first-order valence-corrected chi connectivity index (χ1v) is 3.41. The van der Waals surface area contributed by atoms with Crippen molar-refractivity contribution in [2.45, 2.75) is 25.3 Å². The van der Waals surface area contributed by atoms with Crippen molar-refractivity contribution in [1.29, 1.82) is 0 Å². The van der Waals surface area contributed by atoms with Crippen LogP contribution in [-0.2, 0) is 0 Å². The Balaban J connectivity index is 4.15. The minimum Gasteiger partial charge on any atom is -0.319 e. The van der Waals surface area contributed by atoms with Crippen molar-refractivity contribution in [1.82, 2.24) is 0 Å². The molecule has 1 unspecified atom stereocenters. The van der Waals surface area contributed by atoms with Gasteiger partial charge >= 0.3 is 0 Å². The first-order chi connectivity index (χ1) is 5.04. The maximum Gasteiger partial charge on any atom is 0.269 e. The van der Waals surface area contributed by atoms with Crippen molar-refractivity contribution in [2.75, 3.05) is 0 Å². The number of rotatable bonds is 4. The fourth-order valence-corrected chi connectivity index (χ4v) is 0.677. The van der Waals surface area contributed by atoms with Crippen LogP contribution in [0.1, 0.15) is 13.3 Å². The van der Waals surface area contributed by atoms with Gasteiger partial charge in [-0.2, -0.15) is 0 Å². The molecule has 0 aromatic heterocycles. The van der Waals surface area contributed by atoms with Crippen LogP contribution in [0.4, 0.5) is 8.78 Å². The van der Waals surface area contributed by atoms with Crippen molar-refractivity contribution in [3.63, 3.8) is 0 Å². The number of halogens is 2. The van der Waals surface area contributed by atoms with Gasteiger partial charge in [-0.25, -0.2) is 8.78 Å². The number of nitrogens with two attached hydrogens (primary N) is 1. The molecule has 0 aliphatic heterocycles. The first kappa shape index (κ1) is 10.3. The number of alkyl halides is 2. The van der Waals surface area contributed by atoms with E-state index in [1.807, 2.05) is 0 Å². The fourth-order valence-electron chi connectivity index (χ4n) is 0.677. The Kier molecular flexibility index (Phi) is 3.97. The summed E-state index contributed by atoms with van der Waals surface area (Å²) >= 11 is 0. The summed E-state index contributed by atoms with van der Waals surface area (Å²) in [5.41, 5.74) is 5.16. The summed E-state index contributed by atoms with van der Waals surface area (Å²) < 4.78 is 25.5. The van der Waals surface area contributed by atoms with E-state index in [0.717, 1.165) is 0 Å². The van der Waals surface area contributed by atoms with Gasteiger partial charge in [0.05, 0.1) is 6.04 Å². The van der Waals surface area contributed by atoms with Crippen LogP contribution >= 0.6 is 0 Å². The molecule has 2 N–H and O–H groups in total. The number of hydrogen-bond acceptors (Lipinski definition) is 1. The van der Waals surface area contributed by atoms with E-state index in [0.29, 0.717) is 0 Å². The lowest BCUT2D eigenvalue weighted by Crippen LogP contribution is -2.38. The lowest BCUT2D eigenvalue weighted by atomic mass is 10.1. The Hall–Kier alpha value is -0.700. The second-order valence-corrected chi connectivity index (χ2v) is 2.31. The van der Waals surface area contributed by atoms with E-state index in [1.165, 1.54) is 18.2 Å². The first-order valence-electron chi connectivity index (χ1n) is 3.41. The van der Waals surface area contributed by atoms with Crippen molar-refractivity contribution in [3.05, 3.63) is 24.8 Å². The van der Waals surface area contributed by atoms with E-state index in [9.17, 15) is 8.78 Å². The predicted molar refractivity (Wildman–Crippen MR) is 42.6 cm³/mol. The zero-order valence-electron chi connectivity index (χ0n) is 6.56. The molecule has 0 fully saturated rings. The number of allylic oxidation sites excluding steroid dienone is 2. The molecular weight excluding hydrogens is 148 g/mol. The molecule has 3 heteroatoms. The lowest BCUT2D eigenvalue weighted by Gasteiger charge is -2.18. The molecule has 0 amide bonds. The van der Waals surface area contributed by atoms with Crippen molar-refractivity contribution < 1.29 is 8.78 Å². The Morgan fingerprint density at radius 3 is 2.55 bits per heavy atom. The van der Waals surface area contributed by atoms with E-state index in [1.54, 1.807) is 6.92 Å². The Morgan fingerprint density at radius 1 is 1.64 bits per heavy atom. The van der Waals surface area contributed by atoms with Gasteiger partial charge in [0.15, 0.2) is 0 Å². The van der Waals surface area contributed by atoms with Crippen LogP contribution in [0.5, 0.6) is 0 Å². The zero-order valence-corrected chi connectivity index (χ0v) is 6.56. The largest absolute Gasteiger partial charge is 0.319 e. The van der Waals surface area contributed by atoms with E-state index in [-0.39, 0.29) is 6.42 Å². The van der Waals surface area contributed by atoms with Gasteiger partial charge in [0.2, 0.25) is 0 Å². The third-order valence-electron chi connectivity index (χ3n) is 1.30. The smallest absolute Gasteiger partial charge is 0.269 e. The van der Waals surface area contributed by atoms with Crippen LogP contribution < -0.4 is 5.73 Å². The van der Waals surface area contributed by atoms with Gasteiger partial charge in [0, 0.05) is 6.42 Å². The molecule has 1 nitrogen and oxygen atoms in total. The van der Waals surface area contributed by atoms with E-state index >= 15 is 0 Å². The molecule has 11 heavy (non-hydrogen) atoms. The normalized spacial score (nSPS) is 15.3. The molecular formula is C8H13F2N. The van der Waals surface area contributed by atoms with Crippen LogP contribution in [-0.4, -0.2) is 12.0 Å². The quantitative estimate of drug-likeness (QED) is 0.628. The minimum atomic E-state index is -2.87. The van der Waals surface area contributed by atoms with Crippen molar-refractivity contribution in [3.8, 4) is 0 Å². The minimum absolute atomic E-state index is 0.376. The van der Waals surface area contributed by atoms with Crippen LogP contribution in [0.2, 0.25) is 0 Å². The van der Waals surface area contributed by atoms with Crippen molar-refractivity contribution >= 4 is 0 Å². The third kappa shape index (κ3) is 3.28. The van der Waals surface area contributed by atoms with Gasteiger partial charge in [-0.1, -0.05) is 18.2 Å². The van der Waals surface area contributed by atoms with Gasteiger partial charge in [-0.05, 0) is 6.92 Å². The summed E-state index contributed by atoms with van der Waals surface area (Å²) in [6.07, 6.45) is 3.59. The molecule has 0 radical (unpaired) electrons. The fraction of sp³-hybridized carbons (Fsp3) is 0.500. The van der Waals surface area contributed by atoms with Gasteiger partial charge in [-0.3, -0.25) is 0 Å². The Bertz CT molecular complexity index is 152. The topological polar surface area (TPSA) is 26.0 Å². The average molecular weight is 161 g/mol. The van der Waals surface area contributed by atoms with E-state index < -0.39 is 12.0 Å². The van der Waals surface area contributed by atoms with Gasteiger partial charge < -0.3 is 5.73 Å². The standard InChI is InChI=1S/C8H13F2N/c1-3-5-7(11)8(9,10)6-4-2/h3-5,7H,2,6,11H2,1H3. The molecule has 0 spiro atoms.